The van der Waals surface area contributed by atoms with Gasteiger partial charge in [0.25, 0.3) is 0 Å². The molecule has 0 aliphatic carbocycles. The Labute approximate surface area is 78.1 Å². The maximum atomic E-state index is 8.41. The summed E-state index contributed by atoms with van der Waals surface area (Å²) in [6, 6.07) is 0. The zero-order valence-electron chi connectivity index (χ0n) is 6.72. The molecule has 0 aromatic rings. The van der Waals surface area contributed by atoms with Crippen molar-refractivity contribution in [3.05, 3.63) is 12.3 Å². The van der Waals surface area contributed by atoms with Crippen LogP contribution < -0.4 is 26.5 Å². The second-order valence-electron chi connectivity index (χ2n) is 1.79. The molecule has 0 aliphatic rings. The molecule has 0 saturated carbocycles. The molecule has 3 nitrogen and oxygen atoms in total. The Balaban J connectivity index is 2.79. The predicted molar refractivity (Wildman–Crippen MR) is 40.7 cm³/mol. The van der Waals surface area contributed by atoms with Crippen LogP contribution in [0.25, 0.3) is 0 Å². The normalized spacial score (nSPS) is 11.1. The summed E-state index contributed by atoms with van der Waals surface area (Å²) >= 11 is 0.104. The van der Waals surface area contributed by atoms with Crippen LogP contribution in [0.4, 0.5) is 0 Å². The van der Waals surface area contributed by atoms with Crippen molar-refractivity contribution in [3.8, 4) is 0 Å². The molecule has 0 aromatic carbocycles. The first-order valence-corrected chi connectivity index (χ1v) is 6.54. The van der Waals surface area contributed by atoms with Crippen molar-refractivity contribution in [3.63, 3.8) is 0 Å². The minimum absolute atomic E-state index is 0.104. The third-order valence-electron chi connectivity index (χ3n) is 0.850. The summed E-state index contributed by atoms with van der Waals surface area (Å²) in [5.41, 5.74) is 0. The number of hydrogen-bond donors (Lipinski definition) is 2. The second-order valence-corrected chi connectivity index (χ2v) is 4.26. The van der Waals surface area contributed by atoms with Gasteiger partial charge in [-0.05, 0) is 0 Å². The molecule has 0 unspecified atom stereocenters. The van der Waals surface area contributed by atoms with E-state index in [1.807, 2.05) is 13.0 Å². The third-order valence-corrected chi connectivity index (χ3v) is 2.73. The van der Waals surface area contributed by atoms with E-state index in [1.165, 1.54) is 0 Å². The van der Waals surface area contributed by atoms with Gasteiger partial charge in [0, 0.05) is 0 Å². The fourth-order valence-corrected chi connectivity index (χ4v) is 1.87. The van der Waals surface area contributed by atoms with E-state index in [9.17, 15) is 0 Å². The first-order chi connectivity index (χ1) is 5.41. The van der Waals surface area contributed by atoms with Crippen LogP contribution in [0.3, 0.4) is 0 Å². The second kappa shape index (κ2) is 10.2. The van der Waals surface area contributed by atoms with Gasteiger partial charge in [-0.3, -0.25) is 0 Å². The van der Waals surface area contributed by atoms with Crippen LogP contribution >= 0.6 is 0 Å². The molecule has 0 atom stereocenters. The molecule has 0 radical (unpaired) electrons. The van der Waals surface area contributed by atoms with Crippen LogP contribution in [0.5, 0.6) is 0 Å². The average molecular weight is 272 g/mol. The number of aliphatic hydroxyl groups is 1. The van der Waals surface area contributed by atoms with Crippen LogP contribution in [0.15, 0.2) is 12.3 Å². The van der Waals surface area contributed by atoms with Gasteiger partial charge >= 0.3 is 77.9 Å². The molecule has 2 N–H and O–H groups in total. The van der Waals surface area contributed by atoms with Crippen molar-refractivity contribution >= 4 is 0 Å². The van der Waals surface area contributed by atoms with Crippen LogP contribution in [0, 0.1) is 0 Å². The number of hydrogen-bond acceptors (Lipinski definition) is 3. The van der Waals surface area contributed by atoms with Crippen LogP contribution in [-0.4, -0.2) is 27.4 Å². The Hall–Kier alpha value is 0.190. The molecular formula is C7H15INO2-. The van der Waals surface area contributed by atoms with Crippen LogP contribution in [0.2, 0.25) is 0 Å². The zero-order chi connectivity index (χ0) is 8.36. The number of ether oxygens (including phenoxy) is 1. The Morgan fingerprint density at radius 1 is 1.64 bits per heavy atom. The van der Waals surface area contributed by atoms with Crippen molar-refractivity contribution in [1.82, 2.24) is 5.32 Å². The summed E-state index contributed by atoms with van der Waals surface area (Å²) in [5.74, 6) is 0. The molecule has 0 aliphatic heterocycles. The number of nitrogens with one attached hydrogen (secondary N) is 1. The summed E-state index contributed by atoms with van der Waals surface area (Å²) in [4.78, 5) is 0. The molecule has 68 valence electrons. The number of aliphatic hydroxyl groups excluding tert-OH is 1. The Morgan fingerprint density at radius 2 is 2.45 bits per heavy atom. The summed E-state index contributed by atoms with van der Waals surface area (Å²) in [5, 5.41) is 11.5. The fraction of sp³-hybridized carbons (Fsp3) is 0.714. The van der Waals surface area contributed by atoms with Gasteiger partial charge in [0.15, 0.2) is 0 Å². The van der Waals surface area contributed by atoms with Crippen LogP contribution in [0.1, 0.15) is 6.92 Å². The van der Waals surface area contributed by atoms with Gasteiger partial charge in [-0.2, -0.15) is 0 Å². The minimum atomic E-state index is 0.104. The van der Waals surface area contributed by atoms with Crippen molar-refractivity contribution in [2.45, 2.75) is 6.92 Å². The van der Waals surface area contributed by atoms with E-state index < -0.39 is 0 Å². The molecule has 0 aromatic heterocycles. The van der Waals surface area contributed by atoms with Crippen molar-refractivity contribution in [2.75, 3.05) is 22.3 Å². The third kappa shape index (κ3) is 10.2. The fourth-order valence-electron chi connectivity index (χ4n) is 0.428. The van der Waals surface area contributed by atoms with Crippen molar-refractivity contribution in [2.24, 2.45) is 0 Å². The van der Waals surface area contributed by atoms with Gasteiger partial charge in [0.1, 0.15) is 0 Å². The number of alkyl halides is 2. The number of rotatable bonds is 7. The molecule has 0 amide bonds. The maximum absolute atomic E-state index is 8.41. The van der Waals surface area contributed by atoms with E-state index in [1.54, 1.807) is 6.26 Å². The van der Waals surface area contributed by atoms with Gasteiger partial charge in [-0.15, -0.1) is 0 Å². The first-order valence-electron chi connectivity index (χ1n) is 3.49. The molecule has 4 heteroatoms. The summed E-state index contributed by atoms with van der Waals surface area (Å²) in [7, 11) is 0. The van der Waals surface area contributed by atoms with E-state index in [-0.39, 0.29) is 27.8 Å². The molecule has 0 saturated heterocycles. The Bertz CT molecular complexity index is 98.4. The summed E-state index contributed by atoms with van der Waals surface area (Å²) in [6.45, 7) is 2.85. The van der Waals surface area contributed by atoms with Crippen LogP contribution in [-0.2, 0) is 4.74 Å². The predicted octanol–water partition coefficient (Wildman–Crippen LogP) is -2.88. The van der Waals surface area contributed by atoms with E-state index in [2.05, 4.69) is 5.32 Å². The molecule has 0 rings (SSSR count). The number of halogens is 1. The summed E-state index contributed by atoms with van der Waals surface area (Å²) < 4.78 is 6.99. The Kier molecular flexibility index (Phi) is 10.4. The molecular weight excluding hydrogens is 257 g/mol. The van der Waals surface area contributed by atoms with Gasteiger partial charge in [0.2, 0.25) is 0 Å². The zero-order valence-corrected chi connectivity index (χ0v) is 8.87. The van der Waals surface area contributed by atoms with Gasteiger partial charge in [0.05, 0.1) is 0 Å². The first kappa shape index (κ1) is 11.2. The van der Waals surface area contributed by atoms with Gasteiger partial charge < -0.3 is 0 Å². The van der Waals surface area contributed by atoms with Crippen molar-refractivity contribution < 1.29 is 31.0 Å². The van der Waals surface area contributed by atoms with Gasteiger partial charge in [-0.1, -0.05) is 0 Å². The summed E-state index contributed by atoms with van der Waals surface area (Å²) in [6.07, 6.45) is 3.59. The van der Waals surface area contributed by atoms with Gasteiger partial charge in [-0.25, -0.2) is 0 Å². The van der Waals surface area contributed by atoms with E-state index >= 15 is 0 Å². The molecule has 0 spiro atoms. The topological polar surface area (TPSA) is 41.5 Å². The average Bonchev–Trinajstić information content (AvgIpc) is 2.03. The number of allylic oxidation sites excluding steroid dienone is 1. The molecule has 11 heavy (non-hydrogen) atoms. The van der Waals surface area contributed by atoms with E-state index in [4.69, 9.17) is 9.84 Å². The SMILES string of the molecule is C/C=C\OC[I-]CNCCO. The quantitative estimate of drug-likeness (QED) is 0.172. The molecule has 0 bridgehead atoms. The standard InChI is InChI=1S/C7H15INO2/c1-2-5-11-7-8-6-9-3-4-10/h2,5,9-10H,3-4,6-7H2,1H3/q-1/b5-2-. The van der Waals surface area contributed by atoms with E-state index in [0.29, 0.717) is 6.54 Å². The molecule has 0 fully saturated rings. The van der Waals surface area contributed by atoms with Crippen molar-refractivity contribution in [1.29, 1.82) is 0 Å². The Morgan fingerprint density at radius 3 is 3.09 bits per heavy atom. The molecule has 0 heterocycles. The van der Waals surface area contributed by atoms with E-state index in [0.717, 1.165) is 9.17 Å². The monoisotopic (exact) mass is 272 g/mol.